The van der Waals surface area contributed by atoms with Gasteiger partial charge in [-0.05, 0) is 105 Å². The van der Waals surface area contributed by atoms with Crippen LogP contribution in [0.15, 0.2) is 88.9 Å². The van der Waals surface area contributed by atoms with Gasteiger partial charge in [-0.2, -0.15) is 9.29 Å². The summed E-state index contributed by atoms with van der Waals surface area (Å²) in [7, 11) is -6.61. The van der Waals surface area contributed by atoms with Crippen molar-refractivity contribution in [2.45, 2.75) is 105 Å². The number of hydrogen-bond acceptors (Lipinski definition) is 21. The maximum absolute atomic E-state index is 16.5. The van der Waals surface area contributed by atoms with Crippen LogP contribution >= 0.6 is 0 Å². The van der Waals surface area contributed by atoms with Crippen molar-refractivity contribution in [1.29, 1.82) is 0 Å². The predicted octanol–water partition coefficient (Wildman–Crippen LogP) is 6.48. The zero-order chi connectivity index (χ0) is 63.8. The minimum absolute atomic E-state index is 0.00973. The van der Waals surface area contributed by atoms with Crippen molar-refractivity contribution >= 4 is 71.1 Å². The van der Waals surface area contributed by atoms with E-state index in [1.54, 1.807) is 39.3 Å². The smallest absolute Gasteiger partial charge is 0.297 e. The molecule has 25 nitrogen and oxygen atoms in total. The maximum atomic E-state index is 16.5. The molecule has 27 heteroatoms. The largest absolute Gasteiger partial charge is 0.493 e. The first-order valence-corrected chi connectivity index (χ1v) is 35.2. The molecule has 0 radical (unpaired) electrons. The minimum atomic E-state index is -4.88. The van der Waals surface area contributed by atoms with Gasteiger partial charge in [0.15, 0.2) is 23.0 Å². The van der Waals surface area contributed by atoms with Gasteiger partial charge in [-0.1, -0.05) is 24.3 Å². The zero-order valence-electron chi connectivity index (χ0n) is 52.5. The number of anilines is 5. The number of piperidine rings is 1. The third-order valence-electron chi connectivity index (χ3n) is 20.5. The van der Waals surface area contributed by atoms with Crippen LogP contribution in [0.4, 0.5) is 34.3 Å². The highest BCUT2D eigenvalue weighted by Crippen LogP contribution is 2.56. The number of rotatable bonds is 16. The molecule has 1 saturated carbocycles. The third kappa shape index (κ3) is 11.5. The first kappa shape index (κ1) is 62.1. The molecule has 4 atom stereocenters. The third-order valence-corrected chi connectivity index (χ3v) is 24.5. The van der Waals surface area contributed by atoms with Gasteiger partial charge >= 0.3 is 0 Å². The van der Waals surface area contributed by atoms with E-state index in [9.17, 15) is 23.3 Å². The van der Waals surface area contributed by atoms with Gasteiger partial charge in [0.25, 0.3) is 11.6 Å². The molecular formula is C65H81N13O12S2. The average molecular weight is 1300 g/mol. The van der Waals surface area contributed by atoms with Crippen LogP contribution in [0.1, 0.15) is 79.0 Å². The lowest BCUT2D eigenvalue weighted by atomic mass is 9.59. The maximum Gasteiger partial charge on any atom is 0.297 e. The lowest BCUT2D eigenvalue weighted by Crippen LogP contribution is -2.60. The molecule has 92 heavy (non-hydrogen) atoms. The number of piperazine rings is 2. The molecule has 3 aromatic heterocycles. The van der Waals surface area contributed by atoms with Crippen LogP contribution in [0.3, 0.4) is 0 Å². The Balaban J connectivity index is 0.770. The number of nitrogens with zero attached hydrogens (tertiary/aromatic N) is 10. The Kier molecular flexibility index (Phi) is 16.8. The monoisotopic (exact) mass is 1300 g/mol. The summed E-state index contributed by atoms with van der Waals surface area (Å²) < 4.78 is 90.7. The number of aryl methyl sites for hydroxylation is 1. The summed E-state index contributed by atoms with van der Waals surface area (Å²) in [6.07, 6.45) is 6.99. The molecule has 1 spiro atoms. The number of carbonyl (C=O) groups excluding carboxylic acids is 1. The van der Waals surface area contributed by atoms with Gasteiger partial charge in [0.1, 0.15) is 28.9 Å². The van der Waals surface area contributed by atoms with Gasteiger partial charge in [-0.3, -0.25) is 29.6 Å². The van der Waals surface area contributed by atoms with E-state index >= 15 is 8.42 Å². The lowest BCUT2D eigenvalue weighted by molar-refractivity contribution is -0.384. The SMILES string of the molecule is COc1cc(CN2CCN(C3CC4(CCN(c5ccc(C(N)=O)c(N6c7cc8cc[nH]c8nc7O[C@H]7COCC[C@@H]76)c5S(=O)(=O)c5cc6c(c([N+](=O)[O-])c5)N[C@H](CN5CCN(S(=O)(=O)C(C)C)CC5)CO6)CC4)C3)[C@H](c3ccccc3C)C2)cnc1N1CCOCC1. The molecule has 1 amide bonds. The Morgan fingerprint density at radius 2 is 1.65 bits per heavy atom. The van der Waals surface area contributed by atoms with Crippen molar-refractivity contribution in [1.82, 2.24) is 34.0 Å². The first-order valence-electron chi connectivity index (χ1n) is 32.2. The number of nitro benzene ring substituents is 1. The number of aromatic nitrogens is 3. The molecule has 6 fully saturated rings. The van der Waals surface area contributed by atoms with Gasteiger partial charge in [-0.15, -0.1) is 0 Å². The Morgan fingerprint density at radius 3 is 2.39 bits per heavy atom. The normalized spacial score (nSPS) is 23.5. The quantitative estimate of drug-likeness (QED) is 0.0691. The molecule has 3 aromatic carbocycles. The second-order valence-corrected chi connectivity index (χ2v) is 30.6. The van der Waals surface area contributed by atoms with Gasteiger partial charge in [0, 0.05) is 134 Å². The lowest BCUT2D eigenvalue weighted by Gasteiger charge is -2.58. The number of sulfone groups is 1. The second-order valence-electron chi connectivity index (χ2n) is 26.2. The highest BCUT2D eigenvalue weighted by Gasteiger charge is 2.52. The number of ether oxygens (including phenoxy) is 5. The number of pyridine rings is 2. The molecule has 490 valence electrons. The number of amides is 1. The highest BCUT2D eigenvalue weighted by atomic mass is 32.2. The fraction of sp³-hybridized carbons (Fsp3) is 0.523. The summed E-state index contributed by atoms with van der Waals surface area (Å²) in [5, 5.41) is 16.8. The average Bonchev–Trinajstić information content (AvgIpc) is 0.906. The molecule has 1 aliphatic carbocycles. The van der Waals surface area contributed by atoms with E-state index in [1.165, 1.54) is 21.5 Å². The van der Waals surface area contributed by atoms with Crippen molar-refractivity contribution in [3.05, 3.63) is 111 Å². The molecule has 5 saturated heterocycles. The Hall–Kier alpha value is -7.37. The van der Waals surface area contributed by atoms with Crippen LogP contribution in [-0.2, 0) is 35.9 Å². The standard InChI is InChI=1S/C65H81N13O12S2/c1-41(2)92(84,85)75-21-18-71(19-22-75)37-45-39-89-55-32-47(31-52(78(80)81)58(55)69-45)91(82,83)60-51(10-9-49(61(66)79)59(60)77-50-12-26-88-40-57(50)90-64-53(77)30-44-11-15-67-62(44)70-64)73-16-13-65(14-17-73)33-46(34-65)76-23-20-72(38-54(76)48-8-6-5-7-42(48)3)36-43-29-56(86-4)63(68-35-43)74-24-27-87-28-25-74/h5-11,15,29-32,35,41,45-46,50,54,57,69H,12-14,16-28,33-34,36-40H2,1-4H3,(H2,66,79)(H,67,70)/t45-,50+,54+,57+/m1/s1. The summed E-state index contributed by atoms with van der Waals surface area (Å²) >= 11 is 0. The van der Waals surface area contributed by atoms with Crippen LogP contribution in [0.2, 0.25) is 0 Å². The number of fused-ring (bicyclic) bond motifs is 4. The summed E-state index contributed by atoms with van der Waals surface area (Å²) in [5.41, 5.74) is 10.8. The number of H-pyrrole nitrogens is 1. The number of nitrogens with one attached hydrogen (secondary N) is 2. The number of morpholine rings is 1. The van der Waals surface area contributed by atoms with E-state index in [0.29, 0.717) is 95.1 Å². The Labute approximate surface area is 536 Å². The molecule has 0 bridgehead atoms. The first-order chi connectivity index (χ1) is 44.4. The zero-order valence-corrected chi connectivity index (χ0v) is 54.1. The van der Waals surface area contributed by atoms with Gasteiger partial charge in [0.2, 0.25) is 25.7 Å². The van der Waals surface area contributed by atoms with E-state index in [2.05, 4.69) is 72.1 Å². The fourth-order valence-electron chi connectivity index (χ4n) is 15.5. The number of carbonyl (C=O) groups is 1. The summed E-state index contributed by atoms with van der Waals surface area (Å²) in [4.78, 5) is 52.7. The van der Waals surface area contributed by atoms with E-state index in [1.807, 2.05) is 23.2 Å². The fourth-order valence-corrected chi connectivity index (χ4v) is 18.4. The molecule has 14 rings (SSSR count). The molecule has 4 N–H and O–H groups in total. The van der Waals surface area contributed by atoms with E-state index < -0.39 is 64.7 Å². The molecule has 6 aromatic rings. The summed E-state index contributed by atoms with van der Waals surface area (Å²) in [5.74, 6) is 0.928. The Bertz CT molecular complexity index is 4030. The number of nitrogens with two attached hydrogens (primary N) is 1. The van der Waals surface area contributed by atoms with Crippen LogP contribution in [-0.4, -0.2) is 210 Å². The number of nitro groups is 1. The van der Waals surface area contributed by atoms with Gasteiger partial charge in [-0.25, -0.2) is 21.8 Å². The molecular weight excluding hydrogens is 1220 g/mol. The van der Waals surface area contributed by atoms with Crippen molar-refractivity contribution in [2.75, 3.05) is 139 Å². The number of methoxy groups -OCH3 is 1. The van der Waals surface area contributed by atoms with E-state index in [-0.39, 0.29) is 58.1 Å². The molecule has 10 heterocycles. The highest BCUT2D eigenvalue weighted by molar-refractivity contribution is 7.92. The number of hydrogen-bond donors (Lipinski definition) is 3. The molecule has 7 aliphatic heterocycles. The Morgan fingerprint density at radius 1 is 0.880 bits per heavy atom. The molecule has 0 unspecified atom stereocenters. The number of benzene rings is 3. The van der Waals surface area contributed by atoms with E-state index in [4.69, 9.17) is 39.4 Å². The second kappa shape index (κ2) is 24.8. The topological polar surface area (TPSA) is 277 Å². The minimum Gasteiger partial charge on any atom is -0.493 e. The number of primary amides is 1. The van der Waals surface area contributed by atoms with Crippen LogP contribution in [0, 0.1) is 22.5 Å². The van der Waals surface area contributed by atoms with Crippen molar-refractivity contribution < 1.29 is 50.2 Å². The summed E-state index contributed by atoms with van der Waals surface area (Å²) in [6, 6.07) is 19.7. The number of aromatic amines is 1. The van der Waals surface area contributed by atoms with Crippen molar-refractivity contribution in [3.8, 4) is 17.4 Å². The van der Waals surface area contributed by atoms with Gasteiger partial charge < -0.3 is 54.4 Å². The number of sulfonamides is 1. The van der Waals surface area contributed by atoms with Crippen LogP contribution < -0.4 is 40.0 Å². The molecule has 8 aliphatic rings. The van der Waals surface area contributed by atoms with E-state index in [0.717, 1.165) is 93.5 Å². The van der Waals surface area contributed by atoms with Crippen molar-refractivity contribution in [3.63, 3.8) is 0 Å². The van der Waals surface area contributed by atoms with Crippen LogP contribution in [0.25, 0.3) is 11.0 Å². The predicted molar refractivity (Wildman–Crippen MR) is 347 cm³/mol. The van der Waals surface area contributed by atoms with Crippen LogP contribution in [0.5, 0.6) is 17.4 Å². The van der Waals surface area contributed by atoms with Crippen molar-refractivity contribution in [2.24, 2.45) is 11.1 Å². The summed E-state index contributed by atoms with van der Waals surface area (Å²) in [6.45, 7) is 15.1. The van der Waals surface area contributed by atoms with Gasteiger partial charge in [0.05, 0.1) is 71.0 Å².